The van der Waals surface area contributed by atoms with E-state index in [1.54, 1.807) is 17.5 Å². The molecule has 0 atom stereocenters. The minimum Gasteiger partial charge on any atom is -0.309 e. The van der Waals surface area contributed by atoms with E-state index in [0.717, 1.165) is 27.6 Å². The van der Waals surface area contributed by atoms with Gasteiger partial charge in [0.05, 0.1) is 5.69 Å². The van der Waals surface area contributed by atoms with Crippen LogP contribution in [-0.2, 0) is 12.0 Å². The van der Waals surface area contributed by atoms with Gasteiger partial charge in [0.15, 0.2) is 0 Å². The van der Waals surface area contributed by atoms with Crippen LogP contribution in [0.25, 0.3) is 10.6 Å². The molecule has 2 aromatic rings. The van der Waals surface area contributed by atoms with E-state index in [4.69, 9.17) is 4.98 Å². The molecule has 1 aliphatic carbocycles. The van der Waals surface area contributed by atoms with Crippen molar-refractivity contribution >= 4 is 27.3 Å². The molecule has 0 aromatic carbocycles. The van der Waals surface area contributed by atoms with E-state index in [0.29, 0.717) is 0 Å². The van der Waals surface area contributed by atoms with E-state index in [1.165, 1.54) is 23.4 Å². The van der Waals surface area contributed by atoms with E-state index < -0.39 is 0 Å². The second-order valence-corrected chi connectivity index (χ2v) is 8.59. The summed E-state index contributed by atoms with van der Waals surface area (Å²) in [6.07, 6.45) is 6.31. The van der Waals surface area contributed by atoms with Gasteiger partial charge in [-0.15, -0.1) is 11.3 Å². The molecular weight excluding hydrogens is 346 g/mol. The summed E-state index contributed by atoms with van der Waals surface area (Å²) in [5, 5.41) is 4.66. The molecule has 0 unspecified atom stereocenters. The summed E-state index contributed by atoms with van der Waals surface area (Å²) in [6.45, 7) is 7.61. The highest BCUT2D eigenvalue weighted by Crippen LogP contribution is 2.35. The lowest BCUT2D eigenvalue weighted by molar-refractivity contribution is 0.559. The SMILES string of the molecule is CC(C)(C)c1nc(-c2cncc(Br)c2)sc1CNC1CC1. The highest BCUT2D eigenvalue weighted by Gasteiger charge is 2.26. The molecule has 2 heterocycles. The Morgan fingerprint density at radius 2 is 2.10 bits per heavy atom. The molecule has 1 fully saturated rings. The van der Waals surface area contributed by atoms with Gasteiger partial charge in [0.25, 0.3) is 0 Å². The lowest BCUT2D eigenvalue weighted by Gasteiger charge is -2.17. The van der Waals surface area contributed by atoms with Crippen LogP contribution in [-0.4, -0.2) is 16.0 Å². The highest BCUT2D eigenvalue weighted by atomic mass is 79.9. The first-order valence-corrected chi connectivity index (χ1v) is 8.89. The summed E-state index contributed by atoms with van der Waals surface area (Å²) >= 11 is 5.27. The van der Waals surface area contributed by atoms with Crippen molar-refractivity contribution in [3.8, 4) is 10.6 Å². The molecule has 0 spiro atoms. The zero-order chi connectivity index (χ0) is 15.0. The molecule has 5 heteroatoms. The molecule has 0 bridgehead atoms. The number of hydrogen-bond donors (Lipinski definition) is 1. The van der Waals surface area contributed by atoms with Gasteiger partial charge in [0, 0.05) is 45.3 Å². The van der Waals surface area contributed by atoms with Gasteiger partial charge < -0.3 is 5.32 Å². The van der Waals surface area contributed by atoms with Crippen LogP contribution >= 0.6 is 27.3 Å². The second kappa shape index (κ2) is 5.78. The van der Waals surface area contributed by atoms with Gasteiger partial charge in [0.2, 0.25) is 0 Å². The van der Waals surface area contributed by atoms with Crippen molar-refractivity contribution in [2.45, 2.75) is 51.6 Å². The number of pyridine rings is 1. The molecule has 1 saturated carbocycles. The summed E-state index contributed by atoms with van der Waals surface area (Å²) in [4.78, 5) is 10.5. The lowest BCUT2D eigenvalue weighted by atomic mass is 9.91. The first-order valence-electron chi connectivity index (χ1n) is 7.28. The maximum Gasteiger partial charge on any atom is 0.125 e. The third kappa shape index (κ3) is 3.71. The molecule has 0 saturated heterocycles. The van der Waals surface area contributed by atoms with E-state index in [2.05, 4.69) is 53.1 Å². The Morgan fingerprint density at radius 3 is 2.71 bits per heavy atom. The Morgan fingerprint density at radius 1 is 1.33 bits per heavy atom. The van der Waals surface area contributed by atoms with Crippen LogP contribution in [0.1, 0.15) is 44.2 Å². The zero-order valence-electron chi connectivity index (χ0n) is 12.6. The Bertz CT molecular complexity index is 641. The predicted octanol–water partition coefficient (Wildman–Crippen LogP) is 4.52. The van der Waals surface area contributed by atoms with E-state index in [1.807, 2.05) is 6.20 Å². The quantitative estimate of drug-likeness (QED) is 0.865. The Hall–Kier alpha value is -0.780. The van der Waals surface area contributed by atoms with E-state index >= 15 is 0 Å². The normalized spacial score (nSPS) is 15.4. The van der Waals surface area contributed by atoms with Crippen molar-refractivity contribution in [3.05, 3.63) is 33.5 Å². The van der Waals surface area contributed by atoms with Gasteiger partial charge in [-0.25, -0.2) is 4.98 Å². The molecule has 1 N–H and O–H groups in total. The van der Waals surface area contributed by atoms with Gasteiger partial charge in [0.1, 0.15) is 5.01 Å². The van der Waals surface area contributed by atoms with E-state index in [9.17, 15) is 0 Å². The third-order valence-corrected chi connectivity index (χ3v) is 5.03. The van der Waals surface area contributed by atoms with Gasteiger partial charge in [-0.3, -0.25) is 4.98 Å². The smallest absolute Gasteiger partial charge is 0.125 e. The van der Waals surface area contributed by atoms with Gasteiger partial charge in [-0.2, -0.15) is 0 Å². The third-order valence-electron chi connectivity index (χ3n) is 3.49. The number of nitrogens with one attached hydrogen (secondary N) is 1. The van der Waals surface area contributed by atoms with Crippen molar-refractivity contribution < 1.29 is 0 Å². The summed E-state index contributed by atoms with van der Waals surface area (Å²) in [7, 11) is 0. The van der Waals surface area contributed by atoms with Crippen LogP contribution in [0.2, 0.25) is 0 Å². The number of nitrogens with zero attached hydrogens (tertiary/aromatic N) is 2. The maximum atomic E-state index is 4.91. The molecule has 21 heavy (non-hydrogen) atoms. The minimum atomic E-state index is 0.0642. The van der Waals surface area contributed by atoms with Gasteiger partial charge >= 0.3 is 0 Å². The van der Waals surface area contributed by atoms with Crippen LogP contribution in [0.3, 0.4) is 0 Å². The molecule has 1 aliphatic rings. The molecule has 2 aromatic heterocycles. The average Bonchev–Trinajstić information content (AvgIpc) is 3.13. The fourth-order valence-corrected chi connectivity index (χ4v) is 3.80. The largest absolute Gasteiger partial charge is 0.309 e. The van der Waals surface area contributed by atoms with E-state index in [-0.39, 0.29) is 5.41 Å². The van der Waals surface area contributed by atoms with Crippen molar-refractivity contribution in [2.24, 2.45) is 0 Å². The monoisotopic (exact) mass is 365 g/mol. The molecule has 0 radical (unpaired) electrons. The van der Waals surface area contributed by atoms with Crippen LogP contribution < -0.4 is 5.32 Å². The zero-order valence-corrected chi connectivity index (χ0v) is 15.0. The van der Waals surface area contributed by atoms with Gasteiger partial charge in [-0.1, -0.05) is 20.8 Å². The predicted molar refractivity (Wildman–Crippen MR) is 91.6 cm³/mol. The van der Waals surface area contributed by atoms with Crippen molar-refractivity contribution in [1.29, 1.82) is 0 Å². The number of aromatic nitrogens is 2. The Labute approximate surface area is 138 Å². The van der Waals surface area contributed by atoms with Crippen molar-refractivity contribution in [2.75, 3.05) is 0 Å². The minimum absolute atomic E-state index is 0.0642. The fourth-order valence-electron chi connectivity index (χ4n) is 2.23. The van der Waals surface area contributed by atoms with Crippen LogP contribution in [0, 0.1) is 0 Å². The van der Waals surface area contributed by atoms with Crippen molar-refractivity contribution in [3.63, 3.8) is 0 Å². The molecular formula is C16H20BrN3S. The van der Waals surface area contributed by atoms with Crippen LogP contribution in [0.15, 0.2) is 22.9 Å². The summed E-state index contributed by atoms with van der Waals surface area (Å²) in [5.41, 5.74) is 2.35. The molecule has 3 rings (SSSR count). The molecule has 112 valence electrons. The lowest BCUT2D eigenvalue weighted by Crippen LogP contribution is -2.19. The molecule has 0 aliphatic heterocycles. The Kier molecular flexibility index (Phi) is 4.17. The average molecular weight is 366 g/mol. The van der Waals surface area contributed by atoms with Crippen LogP contribution in [0.4, 0.5) is 0 Å². The number of halogens is 1. The standard InChI is InChI=1S/C16H20BrN3S/c1-16(2,3)14-13(9-19-12-4-5-12)21-15(20-14)10-6-11(17)8-18-7-10/h6-8,12,19H,4-5,9H2,1-3H3. The fraction of sp³-hybridized carbons (Fsp3) is 0.500. The second-order valence-electron chi connectivity index (χ2n) is 6.59. The topological polar surface area (TPSA) is 37.8 Å². The first-order chi connectivity index (χ1) is 9.93. The van der Waals surface area contributed by atoms with Crippen molar-refractivity contribution in [1.82, 2.24) is 15.3 Å². The highest BCUT2D eigenvalue weighted by molar-refractivity contribution is 9.10. The van der Waals surface area contributed by atoms with Crippen LogP contribution in [0.5, 0.6) is 0 Å². The summed E-state index contributed by atoms with van der Waals surface area (Å²) in [5.74, 6) is 0. The summed E-state index contributed by atoms with van der Waals surface area (Å²) in [6, 6.07) is 2.80. The number of rotatable bonds is 4. The van der Waals surface area contributed by atoms with Gasteiger partial charge in [-0.05, 0) is 34.8 Å². The first kappa shape index (κ1) is 15.1. The molecule has 3 nitrogen and oxygen atoms in total. The number of thiazole rings is 1. The maximum absolute atomic E-state index is 4.91. The number of hydrogen-bond acceptors (Lipinski definition) is 4. The molecule has 0 amide bonds. The Balaban J connectivity index is 1.94. The summed E-state index contributed by atoms with van der Waals surface area (Å²) < 4.78 is 0.991.